The summed E-state index contributed by atoms with van der Waals surface area (Å²) >= 11 is 7.48. The molecule has 0 radical (unpaired) electrons. The number of benzene rings is 2. The monoisotopic (exact) mass is 498 g/mol. The van der Waals surface area contributed by atoms with Gasteiger partial charge in [-0.2, -0.15) is 0 Å². The molecule has 2 aromatic carbocycles. The normalized spacial score (nSPS) is 14.3. The fourth-order valence-corrected chi connectivity index (χ4v) is 5.22. The average molecular weight is 499 g/mol. The van der Waals surface area contributed by atoms with E-state index in [4.69, 9.17) is 16.6 Å². The Morgan fingerprint density at radius 2 is 1.88 bits per heavy atom. The number of fused-ring (bicyclic) bond motifs is 1. The Bertz CT molecular complexity index is 1240. The Balaban J connectivity index is 1.45. The molecule has 0 unspecified atom stereocenters. The fourth-order valence-electron chi connectivity index (χ4n) is 4.12. The zero-order chi connectivity index (χ0) is 24.2. The molecular formula is C26H31ClN4O2S. The van der Waals surface area contributed by atoms with E-state index in [1.807, 2.05) is 4.90 Å². The fraction of sp³-hybridized carbons (Fsp3) is 0.423. The molecule has 180 valence electrons. The van der Waals surface area contributed by atoms with E-state index in [0.29, 0.717) is 46.6 Å². The highest BCUT2D eigenvalue weighted by Gasteiger charge is 2.22. The number of anilines is 1. The number of hydrogen-bond donors (Lipinski definition) is 0. The molecule has 0 spiro atoms. The first-order valence-corrected chi connectivity index (χ1v) is 13.1. The molecule has 2 heterocycles. The summed E-state index contributed by atoms with van der Waals surface area (Å²) in [5.74, 6) is 0.784. The smallest absolute Gasteiger partial charge is 0.262 e. The van der Waals surface area contributed by atoms with Crippen LogP contribution < -0.4 is 10.5 Å². The van der Waals surface area contributed by atoms with Gasteiger partial charge in [0.05, 0.1) is 16.7 Å². The molecule has 8 heteroatoms. The van der Waals surface area contributed by atoms with Crippen molar-refractivity contribution < 1.29 is 4.79 Å². The third-order valence-corrected chi connectivity index (χ3v) is 7.33. The Kier molecular flexibility index (Phi) is 7.84. The number of aryl methyl sites for hydroxylation is 1. The second kappa shape index (κ2) is 10.8. The van der Waals surface area contributed by atoms with E-state index in [0.717, 1.165) is 19.5 Å². The minimum atomic E-state index is -0.0796. The third kappa shape index (κ3) is 5.76. The number of hydrogen-bond acceptors (Lipinski definition) is 5. The number of carbonyl (C=O) groups excluding carboxylic acids is 1. The van der Waals surface area contributed by atoms with Crippen LogP contribution in [0.2, 0.25) is 5.02 Å². The summed E-state index contributed by atoms with van der Waals surface area (Å²) in [6.45, 7) is 9.93. The van der Waals surface area contributed by atoms with Gasteiger partial charge in [0, 0.05) is 43.4 Å². The van der Waals surface area contributed by atoms with Crippen molar-refractivity contribution in [1.29, 1.82) is 0 Å². The highest BCUT2D eigenvalue weighted by Crippen LogP contribution is 2.23. The van der Waals surface area contributed by atoms with Gasteiger partial charge in [-0.1, -0.05) is 49.3 Å². The minimum Gasteiger partial charge on any atom is -0.368 e. The van der Waals surface area contributed by atoms with Crippen LogP contribution in [0.3, 0.4) is 0 Å². The van der Waals surface area contributed by atoms with Gasteiger partial charge in [0.15, 0.2) is 5.16 Å². The Hall–Kier alpha value is -2.51. The number of nitrogens with zero attached hydrogens (tertiary/aromatic N) is 4. The molecule has 1 aliphatic heterocycles. The maximum Gasteiger partial charge on any atom is 0.262 e. The zero-order valence-electron chi connectivity index (χ0n) is 20.0. The number of carbonyl (C=O) groups is 1. The summed E-state index contributed by atoms with van der Waals surface area (Å²) in [5, 5.41) is 1.67. The third-order valence-electron chi connectivity index (χ3n) is 6.14. The number of amides is 1. The van der Waals surface area contributed by atoms with Gasteiger partial charge >= 0.3 is 0 Å². The summed E-state index contributed by atoms with van der Waals surface area (Å²) in [7, 11) is 0. The molecule has 1 saturated heterocycles. The Morgan fingerprint density at radius 3 is 2.59 bits per heavy atom. The van der Waals surface area contributed by atoms with Crippen LogP contribution in [0.15, 0.2) is 52.4 Å². The van der Waals surface area contributed by atoms with Crippen molar-refractivity contribution in [2.75, 3.05) is 36.8 Å². The molecule has 0 bridgehead atoms. The second-order valence-electron chi connectivity index (χ2n) is 9.19. The second-order valence-corrected chi connectivity index (χ2v) is 10.6. The van der Waals surface area contributed by atoms with Crippen molar-refractivity contribution in [3.05, 3.63) is 63.4 Å². The van der Waals surface area contributed by atoms with Crippen LogP contribution >= 0.6 is 23.4 Å². The van der Waals surface area contributed by atoms with Crippen LogP contribution in [0.1, 0.15) is 25.8 Å². The van der Waals surface area contributed by atoms with Gasteiger partial charge in [0.1, 0.15) is 0 Å². The summed E-state index contributed by atoms with van der Waals surface area (Å²) in [4.78, 5) is 35.1. The molecule has 1 fully saturated rings. The van der Waals surface area contributed by atoms with Crippen molar-refractivity contribution in [3.63, 3.8) is 0 Å². The molecule has 0 N–H and O–H groups in total. The van der Waals surface area contributed by atoms with Crippen molar-refractivity contribution in [3.8, 4) is 0 Å². The zero-order valence-corrected chi connectivity index (χ0v) is 21.5. The molecule has 6 nitrogen and oxygen atoms in total. The van der Waals surface area contributed by atoms with Crippen LogP contribution in [-0.4, -0.2) is 52.3 Å². The highest BCUT2D eigenvalue weighted by atomic mass is 35.5. The Morgan fingerprint density at radius 1 is 1.12 bits per heavy atom. The lowest BCUT2D eigenvalue weighted by Gasteiger charge is -2.36. The van der Waals surface area contributed by atoms with Gasteiger partial charge in [-0.05, 0) is 55.2 Å². The predicted octanol–water partition coefficient (Wildman–Crippen LogP) is 4.85. The highest BCUT2D eigenvalue weighted by molar-refractivity contribution is 7.99. The molecule has 34 heavy (non-hydrogen) atoms. The van der Waals surface area contributed by atoms with Crippen LogP contribution in [0.5, 0.6) is 0 Å². The van der Waals surface area contributed by atoms with Crippen molar-refractivity contribution >= 4 is 45.9 Å². The van der Waals surface area contributed by atoms with Crippen molar-refractivity contribution in [2.24, 2.45) is 5.92 Å². The summed E-state index contributed by atoms with van der Waals surface area (Å²) in [5.41, 5.74) is 2.93. The van der Waals surface area contributed by atoms with Crippen LogP contribution in [-0.2, 0) is 11.3 Å². The lowest BCUT2D eigenvalue weighted by Crippen LogP contribution is -2.49. The summed E-state index contributed by atoms with van der Waals surface area (Å²) < 4.78 is 1.71. The van der Waals surface area contributed by atoms with E-state index >= 15 is 0 Å². The molecule has 0 aliphatic carbocycles. The van der Waals surface area contributed by atoms with E-state index in [1.165, 1.54) is 23.0 Å². The van der Waals surface area contributed by atoms with E-state index in [9.17, 15) is 9.59 Å². The average Bonchev–Trinajstić information content (AvgIpc) is 2.82. The molecular weight excluding hydrogens is 468 g/mol. The maximum absolute atomic E-state index is 13.2. The SMILES string of the molecule is Cc1cccc(N2CCN(C(=O)CSc3nc4cc(Cl)ccc4c(=O)n3CCC(C)C)CC2)c1. The minimum absolute atomic E-state index is 0.0738. The lowest BCUT2D eigenvalue weighted by atomic mass is 10.1. The number of halogens is 1. The molecule has 0 saturated carbocycles. The molecule has 0 atom stereocenters. The molecule has 1 amide bonds. The van der Waals surface area contributed by atoms with Gasteiger partial charge in [-0.15, -0.1) is 0 Å². The Labute approximate surface area is 209 Å². The molecule has 3 aromatic rings. The van der Waals surface area contributed by atoms with E-state index < -0.39 is 0 Å². The number of rotatable bonds is 7. The van der Waals surface area contributed by atoms with E-state index in [1.54, 1.807) is 22.8 Å². The van der Waals surface area contributed by atoms with Crippen molar-refractivity contribution in [1.82, 2.24) is 14.5 Å². The van der Waals surface area contributed by atoms with Gasteiger partial charge in [0.25, 0.3) is 5.56 Å². The summed E-state index contributed by atoms with van der Waals surface area (Å²) in [6, 6.07) is 13.6. The standard InChI is InChI=1S/C26H31ClN4O2S/c1-18(2)9-10-31-25(33)22-8-7-20(27)16-23(22)28-26(31)34-17-24(32)30-13-11-29(12-14-30)21-6-4-5-19(3)15-21/h4-8,15-16,18H,9-14,17H2,1-3H3. The number of piperazine rings is 1. The maximum atomic E-state index is 13.2. The van der Waals surface area contributed by atoms with Gasteiger partial charge < -0.3 is 9.80 Å². The topological polar surface area (TPSA) is 58.4 Å². The number of thioether (sulfide) groups is 1. The van der Waals surface area contributed by atoms with Crippen molar-refractivity contribution in [2.45, 2.75) is 38.9 Å². The first kappa shape index (κ1) is 24.6. The lowest BCUT2D eigenvalue weighted by molar-refractivity contribution is -0.128. The van der Waals surface area contributed by atoms with Gasteiger partial charge in [-0.25, -0.2) is 4.98 Å². The predicted molar refractivity (Wildman–Crippen MR) is 141 cm³/mol. The van der Waals surface area contributed by atoms with Gasteiger partial charge in [0.2, 0.25) is 5.91 Å². The van der Waals surface area contributed by atoms with Crippen LogP contribution in [0.4, 0.5) is 5.69 Å². The van der Waals surface area contributed by atoms with E-state index in [-0.39, 0.29) is 17.2 Å². The number of aromatic nitrogens is 2. The summed E-state index contributed by atoms with van der Waals surface area (Å²) in [6.07, 6.45) is 0.864. The van der Waals surface area contributed by atoms with Gasteiger partial charge in [-0.3, -0.25) is 14.2 Å². The van der Waals surface area contributed by atoms with Crippen LogP contribution in [0.25, 0.3) is 10.9 Å². The molecule has 1 aliphatic rings. The first-order valence-electron chi connectivity index (χ1n) is 11.7. The molecule has 4 rings (SSSR count). The van der Waals surface area contributed by atoms with Crippen LogP contribution in [0, 0.1) is 12.8 Å². The largest absolute Gasteiger partial charge is 0.368 e. The van der Waals surface area contributed by atoms with E-state index in [2.05, 4.69) is 49.9 Å². The quantitative estimate of drug-likeness (QED) is 0.344. The first-order chi connectivity index (χ1) is 16.3. The molecule has 1 aromatic heterocycles.